The van der Waals surface area contributed by atoms with Crippen LogP contribution in [0.4, 0.5) is 0 Å². The van der Waals surface area contributed by atoms with Gasteiger partial charge in [0.15, 0.2) is 5.82 Å². The van der Waals surface area contributed by atoms with Gasteiger partial charge in [-0.15, -0.1) is 10.2 Å². The smallest absolute Gasteiger partial charge is 0.246 e. The summed E-state index contributed by atoms with van der Waals surface area (Å²) in [5.41, 5.74) is -0.334. The zero-order valence-corrected chi connectivity index (χ0v) is 10.8. The topological polar surface area (TPSA) is 63.7 Å². The fourth-order valence-electron chi connectivity index (χ4n) is 1.96. The van der Waals surface area contributed by atoms with Gasteiger partial charge in [-0.25, -0.2) is 0 Å². The van der Waals surface area contributed by atoms with E-state index in [9.17, 15) is 0 Å². The lowest BCUT2D eigenvalue weighted by molar-refractivity contribution is 0.0311. The maximum Gasteiger partial charge on any atom is 0.246 e. The predicted octanol–water partition coefficient (Wildman–Crippen LogP) is 0.992. The molecular weight excluding hydrogens is 208 g/mol. The third-order valence-electron chi connectivity index (χ3n) is 2.48. The van der Waals surface area contributed by atoms with Gasteiger partial charge in [-0.2, -0.15) is 5.21 Å². The summed E-state index contributed by atoms with van der Waals surface area (Å²) in [4.78, 5) is 0. The Morgan fingerprint density at radius 3 is 2.20 bits per heavy atom. The number of hydrogen-bond acceptors (Lipinski definition) is 4. The summed E-state index contributed by atoms with van der Waals surface area (Å²) in [6, 6.07) is 0. The van der Waals surface area contributed by atoms with Crippen molar-refractivity contribution in [3.8, 4) is 0 Å². The van der Waals surface area contributed by atoms with Crippen molar-refractivity contribution in [2.45, 2.75) is 46.1 Å². The van der Waals surface area contributed by atoms with Crippen LogP contribution in [0.25, 0.3) is 0 Å². The van der Waals surface area contributed by atoms with Gasteiger partial charge < -0.3 is 4.43 Å². The number of rotatable bonds is 3. The van der Waals surface area contributed by atoms with Crippen LogP contribution in [-0.4, -0.2) is 37.2 Å². The summed E-state index contributed by atoms with van der Waals surface area (Å²) < 4.78 is 5.39. The molecule has 0 aromatic carbocycles. The van der Waals surface area contributed by atoms with E-state index in [1.54, 1.807) is 0 Å². The van der Waals surface area contributed by atoms with E-state index in [0.29, 0.717) is 5.82 Å². The standard InChI is InChI=1S/C9H17N4OSi/c1-8(2,3)6(14-15)9(4,5)7-10-12-13-11-7/h6H,1-5H3,(H,10,11,12,13). The molecule has 5 nitrogen and oxygen atoms in total. The highest BCUT2D eigenvalue weighted by Gasteiger charge is 2.42. The highest BCUT2D eigenvalue weighted by molar-refractivity contribution is 5.98. The molecular formula is C9H17N4OSi. The summed E-state index contributed by atoms with van der Waals surface area (Å²) in [5, 5.41) is 14.1. The van der Waals surface area contributed by atoms with Crippen LogP contribution in [0.1, 0.15) is 40.4 Å². The van der Waals surface area contributed by atoms with E-state index in [0.717, 1.165) is 0 Å². The van der Waals surface area contributed by atoms with Crippen molar-refractivity contribution in [1.29, 1.82) is 0 Å². The average molecular weight is 225 g/mol. The first-order valence-corrected chi connectivity index (χ1v) is 5.27. The molecule has 1 unspecified atom stereocenters. The molecule has 0 fully saturated rings. The third kappa shape index (κ3) is 2.43. The number of aromatic amines is 1. The molecule has 1 atom stereocenters. The fourth-order valence-corrected chi connectivity index (χ4v) is 2.61. The molecule has 1 aromatic heterocycles. The van der Waals surface area contributed by atoms with Gasteiger partial charge >= 0.3 is 0 Å². The Morgan fingerprint density at radius 1 is 1.27 bits per heavy atom. The first-order chi connectivity index (χ1) is 6.80. The zero-order chi connectivity index (χ0) is 11.7. The number of nitrogens with one attached hydrogen (secondary N) is 1. The second-order valence-corrected chi connectivity index (χ2v) is 5.56. The van der Waals surface area contributed by atoms with Crippen LogP contribution in [0.5, 0.6) is 0 Å². The molecule has 0 saturated heterocycles. The van der Waals surface area contributed by atoms with E-state index in [1.165, 1.54) is 0 Å². The highest BCUT2D eigenvalue weighted by atomic mass is 28.2. The molecule has 0 amide bonds. The van der Waals surface area contributed by atoms with Crippen LogP contribution >= 0.6 is 0 Å². The number of hydrogen-bond donors (Lipinski definition) is 1. The van der Waals surface area contributed by atoms with E-state index in [4.69, 9.17) is 4.43 Å². The molecule has 0 aliphatic heterocycles. The SMILES string of the molecule is CC(C)(C)C(O[Si])C(C)(C)c1nn[nH]n1. The highest BCUT2D eigenvalue weighted by Crippen LogP contribution is 2.36. The van der Waals surface area contributed by atoms with Crippen LogP contribution in [0.15, 0.2) is 0 Å². The van der Waals surface area contributed by atoms with Gasteiger partial charge in [-0.3, -0.25) is 0 Å². The summed E-state index contributed by atoms with van der Waals surface area (Å²) in [7, 11) is 3.14. The minimum atomic E-state index is -0.312. The van der Waals surface area contributed by atoms with Crippen molar-refractivity contribution in [2.75, 3.05) is 0 Å². The van der Waals surface area contributed by atoms with Crippen molar-refractivity contribution in [3.63, 3.8) is 0 Å². The van der Waals surface area contributed by atoms with Crippen LogP contribution in [-0.2, 0) is 9.84 Å². The summed E-state index contributed by atoms with van der Waals surface area (Å²) in [5.74, 6) is 0.653. The predicted molar refractivity (Wildman–Crippen MR) is 57.3 cm³/mol. The Balaban J connectivity index is 3.03. The Labute approximate surface area is 93.5 Å². The van der Waals surface area contributed by atoms with Crippen molar-refractivity contribution in [3.05, 3.63) is 5.82 Å². The summed E-state index contributed by atoms with van der Waals surface area (Å²) >= 11 is 0. The average Bonchev–Trinajstić information content (AvgIpc) is 2.52. The first-order valence-electron chi connectivity index (χ1n) is 4.86. The summed E-state index contributed by atoms with van der Waals surface area (Å²) in [6.07, 6.45) is -0.0562. The van der Waals surface area contributed by atoms with Crippen LogP contribution in [0.2, 0.25) is 0 Å². The Hall–Kier alpha value is -0.753. The fraction of sp³-hybridized carbons (Fsp3) is 0.889. The summed E-state index contributed by atoms with van der Waals surface area (Å²) in [6.45, 7) is 10.4. The maximum atomic E-state index is 5.39. The van der Waals surface area contributed by atoms with Gasteiger partial charge in [0.2, 0.25) is 10.5 Å². The number of aromatic nitrogens is 4. The number of H-pyrrole nitrogens is 1. The Bertz CT molecular complexity index is 304. The molecule has 83 valence electrons. The van der Waals surface area contributed by atoms with E-state index in [2.05, 4.69) is 51.9 Å². The van der Waals surface area contributed by atoms with E-state index in [-0.39, 0.29) is 16.9 Å². The third-order valence-corrected chi connectivity index (χ3v) is 2.72. The molecule has 1 N–H and O–H groups in total. The van der Waals surface area contributed by atoms with Crippen molar-refractivity contribution < 1.29 is 4.43 Å². The van der Waals surface area contributed by atoms with Gasteiger partial charge in [0.25, 0.3) is 0 Å². The second-order valence-electron chi connectivity index (χ2n) is 5.32. The van der Waals surface area contributed by atoms with E-state index >= 15 is 0 Å². The van der Waals surface area contributed by atoms with Gasteiger partial charge in [0.05, 0.1) is 11.5 Å². The van der Waals surface area contributed by atoms with Crippen LogP contribution < -0.4 is 0 Å². The molecule has 0 aliphatic rings. The molecule has 1 rings (SSSR count). The number of nitrogens with zero attached hydrogens (tertiary/aromatic N) is 3. The lowest BCUT2D eigenvalue weighted by atomic mass is 9.72. The lowest BCUT2D eigenvalue weighted by Gasteiger charge is -2.39. The largest absolute Gasteiger partial charge is 0.414 e. The Morgan fingerprint density at radius 2 is 1.87 bits per heavy atom. The number of tetrazole rings is 1. The van der Waals surface area contributed by atoms with Crippen molar-refractivity contribution >= 4 is 10.5 Å². The molecule has 1 heterocycles. The van der Waals surface area contributed by atoms with E-state index in [1.807, 2.05) is 13.8 Å². The first kappa shape index (κ1) is 12.3. The normalized spacial score (nSPS) is 15.3. The minimum absolute atomic E-state index is 0.0219. The lowest BCUT2D eigenvalue weighted by Crippen LogP contribution is -2.45. The maximum absolute atomic E-state index is 5.39. The molecule has 0 bridgehead atoms. The Kier molecular flexibility index (Phi) is 3.30. The van der Waals surface area contributed by atoms with Gasteiger partial charge in [0.1, 0.15) is 0 Å². The monoisotopic (exact) mass is 225 g/mol. The van der Waals surface area contributed by atoms with Crippen molar-refractivity contribution in [1.82, 2.24) is 20.6 Å². The zero-order valence-electron chi connectivity index (χ0n) is 9.83. The molecule has 3 radical (unpaired) electrons. The molecule has 0 spiro atoms. The van der Waals surface area contributed by atoms with Gasteiger partial charge in [-0.1, -0.05) is 39.8 Å². The minimum Gasteiger partial charge on any atom is -0.414 e. The van der Waals surface area contributed by atoms with Crippen molar-refractivity contribution in [2.24, 2.45) is 5.41 Å². The molecule has 0 aliphatic carbocycles. The quantitative estimate of drug-likeness (QED) is 0.779. The van der Waals surface area contributed by atoms with Gasteiger partial charge in [0, 0.05) is 0 Å². The molecule has 6 heteroatoms. The van der Waals surface area contributed by atoms with E-state index < -0.39 is 0 Å². The second kappa shape index (κ2) is 4.01. The molecule has 15 heavy (non-hydrogen) atoms. The van der Waals surface area contributed by atoms with Crippen LogP contribution in [0.3, 0.4) is 0 Å². The van der Waals surface area contributed by atoms with Crippen LogP contribution in [0, 0.1) is 5.41 Å². The molecule has 1 aromatic rings. The molecule has 0 saturated carbocycles. The van der Waals surface area contributed by atoms with Gasteiger partial charge in [-0.05, 0) is 5.41 Å².